The van der Waals surface area contributed by atoms with Crippen molar-refractivity contribution in [2.45, 2.75) is 24.7 Å². The number of rotatable bonds is 5. The summed E-state index contributed by atoms with van der Waals surface area (Å²) < 4.78 is 26.7. The third-order valence-electron chi connectivity index (χ3n) is 3.60. The summed E-state index contributed by atoms with van der Waals surface area (Å²) in [5.74, 6) is 0.780. The van der Waals surface area contributed by atoms with Crippen molar-refractivity contribution in [2.24, 2.45) is 5.92 Å². The Morgan fingerprint density at radius 3 is 2.80 bits per heavy atom. The standard InChI is InChI=1S/C13H20ClN3O2S/c1-11-3-7-17(8-4-11)9-6-16-20(18,19)12-2-5-15-13(14)10-12/h2,5,10-11,16H,3-4,6-9H2,1H3. The third kappa shape index (κ3) is 4.41. The van der Waals surface area contributed by atoms with Crippen LogP contribution in [0.25, 0.3) is 0 Å². The number of pyridine rings is 1. The molecular weight excluding hydrogens is 298 g/mol. The van der Waals surface area contributed by atoms with Crippen molar-refractivity contribution in [3.63, 3.8) is 0 Å². The molecule has 2 heterocycles. The molecule has 1 aromatic rings. The molecule has 0 atom stereocenters. The van der Waals surface area contributed by atoms with E-state index in [4.69, 9.17) is 11.6 Å². The highest BCUT2D eigenvalue weighted by Gasteiger charge is 2.17. The lowest BCUT2D eigenvalue weighted by molar-refractivity contribution is 0.195. The van der Waals surface area contributed by atoms with Gasteiger partial charge in [0.15, 0.2) is 0 Å². The summed E-state index contributed by atoms with van der Waals surface area (Å²) in [6, 6.07) is 2.79. The molecule has 1 aliphatic rings. The van der Waals surface area contributed by atoms with Crippen molar-refractivity contribution in [1.82, 2.24) is 14.6 Å². The molecule has 0 amide bonds. The molecule has 1 saturated heterocycles. The van der Waals surface area contributed by atoms with Gasteiger partial charge in [0, 0.05) is 19.3 Å². The maximum absolute atomic E-state index is 12.1. The van der Waals surface area contributed by atoms with Crippen molar-refractivity contribution >= 4 is 21.6 Å². The van der Waals surface area contributed by atoms with Crippen molar-refractivity contribution in [3.05, 3.63) is 23.5 Å². The first-order valence-corrected chi connectivity index (χ1v) is 8.67. The molecule has 0 aliphatic carbocycles. The lowest BCUT2D eigenvalue weighted by atomic mass is 9.99. The average Bonchev–Trinajstić information content (AvgIpc) is 2.41. The molecule has 20 heavy (non-hydrogen) atoms. The summed E-state index contributed by atoms with van der Waals surface area (Å²) in [6.45, 7) is 5.50. The molecule has 1 N–H and O–H groups in total. The van der Waals surface area contributed by atoms with E-state index in [1.54, 1.807) is 0 Å². The van der Waals surface area contributed by atoms with Crippen molar-refractivity contribution in [3.8, 4) is 0 Å². The van der Waals surface area contributed by atoms with Crippen LogP contribution in [0.3, 0.4) is 0 Å². The number of piperidine rings is 1. The molecular formula is C13H20ClN3O2S. The largest absolute Gasteiger partial charge is 0.302 e. The number of hydrogen-bond acceptors (Lipinski definition) is 4. The highest BCUT2D eigenvalue weighted by Crippen LogP contribution is 2.15. The van der Waals surface area contributed by atoms with Gasteiger partial charge in [-0.25, -0.2) is 18.1 Å². The summed E-state index contributed by atoms with van der Waals surface area (Å²) in [4.78, 5) is 6.23. The minimum absolute atomic E-state index is 0.157. The van der Waals surface area contributed by atoms with Crippen LogP contribution in [-0.4, -0.2) is 44.5 Å². The van der Waals surface area contributed by atoms with Crippen LogP contribution in [0.1, 0.15) is 19.8 Å². The number of hydrogen-bond donors (Lipinski definition) is 1. The Morgan fingerprint density at radius 1 is 1.45 bits per heavy atom. The quantitative estimate of drug-likeness (QED) is 0.840. The molecule has 0 radical (unpaired) electrons. The van der Waals surface area contributed by atoms with Crippen LogP contribution >= 0.6 is 11.6 Å². The van der Waals surface area contributed by atoms with Crippen LogP contribution in [0.15, 0.2) is 23.2 Å². The minimum Gasteiger partial charge on any atom is -0.302 e. The van der Waals surface area contributed by atoms with E-state index in [0.29, 0.717) is 6.54 Å². The van der Waals surface area contributed by atoms with Crippen LogP contribution in [0, 0.1) is 5.92 Å². The Bertz CT molecular complexity index is 542. The summed E-state index contributed by atoms with van der Waals surface area (Å²) in [6.07, 6.45) is 3.77. The van der Waals surface area contributed by atoms with E-state index in [1.165, 1.54) is 31.2 Å². The molecule has 5 nitrogen and oxygen atoms in total. The maximum Gasteiger partial charge on any atom is 0.240 e. The zero-order chi connectivity index (χ0) is 14.6. The fraction of sp³-hybridized carbons (Fsp3) is 0.615. The SMILES string of the molecule is CC1CCN(CCNS(=O)(=O)c2ccnc(Cl)c2)CC1. The van der Waals surface area contributed by atoms with E-state index < -0.39 is 10.0 Å². The zero-order valence-corrected chi connectivity index (χ0v) is 13.1. The summed E-state index contributed by atoms with van der Waals surface area (Å²) >= 11 is 5.71. The number of likely N-dealkylation sites (tertiary alicyclic amines) is 1. The van der Waals surface area contributed by atoms with Gasteiger partial charge in [-0.05, 0) is 44.0 Å². The van der Waals surface area contributed by atoms with Crippen LogP contribution in [-0.2, 0) is 10.0 Å². The lowest BCUT2D eigenvalue weighted by Crippen LogP contribution is -2.39. The molecule has 1 aromatic heterocycles. The van der Waals surface area contributed by atoms with Crippen LogP contribution in [0.5, 0.6) is 0 Å². The number of nitrogens with zero attached hydrogens (tertiary/aromatic N) is 2. The highest BCUT2D eigenvalue weighted by molar-refractivity contribution is 7.89. The van der Waals surface area contributed by atoms with Crippen LogP contribution < -0.4 is 4.72 Å². The summed E-state index contributed by atoms with van der Waals surface area (Å²) in [7, 11) is -3.50. The molecule has 0 spiro atoms. The first kappa shape index (κ1) is 15.7. The predicted molar refractivity (Wildman–Crippen MR) is 79.3 cm³/mol. The van der Waals surface area contributed by atoms with Crippen molar-refractivity contribution in [2.75, 3.05) is 26.2 Å². The van der Waals surface area contributed by atoms with Gasteiger partial charge in [0.05, 0.1) is 4.90 Å². The molecule has 1 aliphatic heterocycles. The van der Waals surface area contributed by atoms with Crippen LogP contribution in [0.4, 0.5) is 0 Å². The van der Waals surface area contributed by atoms with Crippen molar-refractivity contribution < 1.29 is 8.42 Å². The van der Waals surface area contributed by atoms with Gasteiger partial charge in [0.25, 0.3) is 0 Å². The molecule has 0 unspecified atom stereocenters. The predicted octanol–water partition coefficient (Wildman–Crippen LogP) is 1.75. The Balaban J connectivity index is 1.84. The molecule has 0 aromatic carbocycles. The van der Waals surface area contributed by atoms with E-state index in [1.807, 2.05) is 0 Å². The average molecular weight is 318 g/mol. The van der Waals surface area contributed by atoms with E-state index in [-0.39, 0.29) is 10.0 Å². The zero-order valence-electron chi connectivity index (χ0n) is 11.5. The fourth-order valence-corrected chi connectivity index (χ4v) is 3.53. The third-order valence-corrected chi connectivity index (χ3v) is 5.27. The number of sulfonamides is 1. The van der Waals surface area contributed by atoms with Gasteiger partial charge in [0.1, 0.15) is 5.15 Å². The molecule has 0 saturated carbocycles. The molecule has 7 heteroatoms. The van der Waals surface area contributed by atoms with E-state index in [2.05, 4.69) is 21.5 Å². The second-order valence-corrected chi connectivity index (χ2v) is 7.39. The molecule has 2 rings (SSSR count). The number of aromatic nitrogens is 1. The first-order valence-electron chi connectivity index (χ1n) is 6.81. The summed E-state index contributed by atoms with van der Waals surface area (Å²) in [5.41, 5.74) is 0. The number of nitrogens with one attached hydrogen (secondary N) is 1. The Kier molecular flexibility index (Phi) is 5.37. The molecule has 112 valence electrons. The Hall–Kier alpha value is -0.690. The maximum atomic E-state index is 12.1. The molecule has 1 fully saturated rings. The van der Waals surface area contributed by atoms with Gasteiger partial charge in [0.2, 0.25) is 10.0 Å². The Labute approximate surface area is 125 Å². The second kappa shape index (κ2) is 6.85. The molecule has 0 bridgehead atoms. The normalized spacial score (nSPS) is 18.3. The topological polar surface area (TPSA) is 62.3 Å². The smallest absolute Gasteiger partial charge is 0.240 e. The van der Waals surface area contributed by atoms with Gasteiger partial charge in [-0.1, -0.05) is 18.5 Å². The van der Waals surface area contributed by atoms with Gasteiger partial charge in [-0.3, -0.25) is 0 Å². The monoisotopic (exact) mass is 317 g/mol. The van der Waals surface area contributed by atoms with Crippen LogP contribution in [0.2, 0.25) is 5.15 Å². The Morgan fingerprint density at radius 2 is 2.15 bits per heavy atom. The van der Waals surface area contributed by atoms with E-state index in [9.17, 15) is 8.42 Å². The van der Waals surface area contributed by atoms with Gasteiger partial charge >= 0.3 is 0 Å². The van der Waals surface area contributed by atoms with E-state index >= 15 is 0 Å². The second-order valence-electron chi connectivity index (χ2n) is 5.24. The van der Waals surface area contributed by atoms with Gasteiger partial charge in [-0.15, -0.1) is 0 Å². The van der Waals surface area contributed by atoms with Crippen molar-refractivity contribution in [1.29, 1.82) is 0 Å². The number of halogens is 1. The van der Waals surface area contributed by atoms with Gasteiger partial charge in [-0.2, -0.15) is 0 Å². The van der Waals surface area contributed by atoms with Gasteiger partial charge < -0.3 is 4.90 Å². The fourth-order valence-electron chi connectivity index (χ4n) is 2.26. The summed E-state index contributed by atoms with van der Waals surface area (Å²) in [5, 5.41) is 0.179. The first-order chi connectivity index (χ1) is 9.47. The lowest BCUT2D eigenvalue weighted by Gasteiger charge is -2.30. The van der Waals surface area contributed by atoms with E-state index in [0.717, 1.165) is 25.6 Å². The minimum atomic E-state index is -3.50. The highest BCUT2D eigenvalue weighted by atomic mass is 35.5.